The Balaban J connectivity index is 1.40. The maximum atomic E-state index is 4.19. The van der Waals surface area contributed by atoms with Crippen LogP contribution in [0.4, 0.5) is 0 Å². The number of hydrogen-bond donors (Lipinski definition) is 1. The van der Waals surface area contributed by atoms with Crippen LogP contribution in [-0.2, 0) is 6.54 Å². The molecule has 3 saturated carbocycles. The van der Waals surface area contributed by atoms with Gasteiger partial charge in [0.15, 0.2) is 0 Å². The summed E-state index contributed by atoms with van der Waals surface area (Å²) in [5.41, 5.74) is 1.32. The van der Waals surface area contributed by atoms with Gasteiger partial charge in [-0.15, -0.1) is 0 Å². The zero-order valence-electron chi connectivity index (χ0n) is 10.9. The molecule has 1 heterocycles. The van der Waals surface area contributed by atoms with E-state index in [1.54, 1.807) is 0 Å². The van der Waals surface area contributed by atoms with Crippen molar-refractivity contribution in [2.75, 3.05) is 0 Å². The van der Waals surface area contributed by atoms with Gasteiger partial charge in [0.1, 0.15) is 0 Å². The number of rotatable bonds is 3. The van der Waals surface area contributed by atoms with E-state index in [1.807, 2.05) is 18.5 Å². The molecule has 1 aromatic rings. The van der Waals surface area contributed by atoms with Crippen LogP contribution in [0.15, 0.2) is 24.5 Å². The minimum atomic E-state index is 0.787. The van der Waals surface area contributed by atoms with E-state index in [9.17, 15) is 0 Å². The number of nitrogens with zero attached hydrogens (tertiary/aromatic N) is 1. The van der Waals surface area contributed by atoms with Gasteiger partial charge in [-0.25, -0.2) is 0 Å². The number of pyridine rings is 1. The fourth-order valence-corrected chi connectivity index (χ4v) is 5.05. The quantitative estimate of drug-likeness (QED) is 0.881. The first kappa shape index (κ1) is 11.0. The maximum Gasteiger partial charge on any atom is 0.0312 e. The average molecular weight is 242 g/mol. The third kappa shape index (κ3) is 1.70. The zero-order valence-corrected chi connectivity index (χ0v) is 10.9. The van der Waals surface area contributed by atoms with Crippen molar-refractivity contribution in [1.82, 2.24) is 10.3 Å². The van der Waals surface area contributed by atoms with Crippen LogP contribution in [0.1, 0.15) is 37.7 Å². The molecule has 3 aliphatic carbocycles. The molecule has 5 atom stereocenters. The molecule has 1 aromatic heterocycles. The number of hydrogen-bond acceptors (Lipinski definition) is 2. The highest BCUT2D eigenvalue weighted by molar-refractivity contribution is 5.10. The largest absolute Gasteiger partial charge is 0.310 e. The molecule has 2 heteroatoms. The van der Waals surface area contributed by atoms with Crippen LogP contribution in [0.3, 0.4) is 0 Å². The summed E-state index contributed by atoms with van der Waals surface area (Å²) in [5.74, 6) is 4.20. The molecule has 0 amide bonds. The molecular formula is C16H22N2. The Kier molecular flexibility index (Phi) is 2.65. The normalized spacial score (nSPS) is 41.2. The van der Waals surface area contributed by atoms with E-state index in [-0.39, 0.29) is 0 Å². The Hall–Kier alpha value is -0.890. The van der Waals surface area contributed by atoms with E-state index in [0.717, 1.165) is 36.3 Å². The minimum Gasteiger partial charge on any atom is -0.310 e. The first-order valence-corrected chi connectivity index (χ1v) is 7.54. The predicted molar refractivity (Wildman–Crippen MR) is 71.9 cm³/mol. The van der Waals surface area contributed by atoms with Gasteiger partial charge in [0.05, 0.1) is 0 Å². The molecular weight excluding hydrogens is 220 g/mol. The molecule has 0 spiro atoms. The third-order valence-corrected chi connectivity index (χ3v) is 5.72. The highest BCUT2D eigenvalue weighted by atomic mass is 14.9. The molecule has 2 bridgehead atoms. The van der Waals surface area contributed by atoms with Crippen molar-refractivity contribution in [1.29, 1.82) is 0 Å². The fourth-order valence-electron chi connectivity index (χ4n) is 5.05. The van der Waals surface area contributed by atoms with Crippen LogP contribution in [0.5, 0.6) is 0 Å². The summed E-state index contributed by atoms with van der Waals surface area (Å²) >= 11 is 0. The first-order chi connectivity index (χ1) is 8.92. The second-order valence-corrected chi connectivity index (χ2v) is 6.50. The van der Waals surface area contributed by atoms with Crippen LogP contribution >= 0.6 is 0 Å². The number of fused-ring (bicyclic) bond motifs is 5. The second kappa shape index (κ2) is 4.34. The van der Waals surface area contributed by atoms with Gasteiger partial charge < -0.3 is 5.32 Å². The topological polar surface area (TPSA) is 24.9 Å². The molecule has 0 unspecified atom stereocenters. The maximum absolute atomic E-state index is 4.19. The summed E-state index contributed by atoms with van der Waals surface area (Å²) < 4.78 is 0. The van der Waals surface area contributed by atoms with Crippen molar-refractivity contribution in [3.63, 3.8) is 0 Å². The highest BCUT2D eigenvalue weighted by Crippen LogP contribution is 2.58. The lowest BCUT2D eigenvalue weighted by molar-refractivity contribution is 0.208. The standard InChI is InChI=1S/C16H22N2/c1-4-13-12-7-15(14(13)5-1)16(8-12)18-10-11-3-2-6-17-9-11/h2-3,6,9,12-16,18H,1,4-5,7-8,10H2/t12-,13-,14-,15-,16+/m0/s1. The molecule has 0 saturated heterocycles. The minimum absolute atomic E-state index is 0.787. The lowest BCUT2D eigenvalue weighted by Gasteiger charge is -2.32. The van der Waals surface area contributed by atoms with Gasteiger partial charge in [-0.2, -0.15) is 0 Å². The van der Waals surface area contributed by atoms with Crippen LogP contribution in [-0.4, -0.2) is 11.0 Å². The number of nitrogens with one attached hydrogen (secondary N) is 1. The van der Waals surface area contributed by atoms with Crippen LogP contribution in [0.25, 0.3) is 0 Å². The molecule has 4 rings (SSSR count). The van der Waals surface area contributed by atoms with Crippen LogP contribution in [0, 0.1) is 23.7 Å². The summed E-state index contributed by atoms with van der Waals surface area (Å²) in [7, 11) is 0. The van der Waals surface area contributed by atoms with Gasteiger partial charge in [0.2, 0.25) is 0 Å². The summed E-state index contributed by atoms with van der Waals surface area (Å²) in [5, 5.41) is 3.80. The summed E-state index contributed by atoms with van der Waals surface area (Å²) in [6, 6.07) is 4.99. The zero-order chi connectivity index (χ0) is 11.9. The number of aromatic nitrogens is 1. The van der Waals surface area contributed by atoms with Crippen LogP contribution in [0.2, 0.25) is 0 Å². The molecule has 3 fully saturated rings. The SMILES string of the molecule is c1cncc(CN[C@@H]2C[C@@H]3C[C@H]2[C@H]2CCC[C@@H]32)c1. The smallest absolute Gasteiger partial charge is 0.0312 e. The lowest BCUT2D eigenvalue weighted by Crippen LogP contribution is -2.38. The Morgan fingerprint density at radius 1 is 1.17 bits per heavy atom. The average Bonchev–Trinajstić information content (AvgIpc) is 3.09. The van der Waals surface area contributed by atoms with Crippen molar-refractivity contribution < 1.29 is 0 Å². The molecule has 3 aliphatic rings. The fraction of sp³-hybridized carbons (Fsp3) is 0.688. The molecule has 96 valence electrons. The predicted octanol–water partition coefficient (Wildman–Crippen LogP) is 3.00. The molecule has 0 radical (unpaired) electrons. The van der Waals surface area contributed by atoms with Crippen molar-refractivity contribution in [3.05, 3.63) is 30.1 Å². The first-order valence-electron chi connectivity index (χ1n) is 7.54. The molecule has 18 heavy (non-hydrogen) atoms. The lowest BCUT2D eigenvalue weighted by atomic mass is 9.79. The van der Waals surface area contributed by atoms with Gasteiger partial charge in [-0.3, -0.25) is 4.98 Å². The Labute approximate surface area is 109 Å². The van der Waals surface area contributed by atoms with E-state index >= 15 is 0 Å². The molecule has 1 N–H and O–H groups in total. The van der Waals surface area contributed by atoms with Gasteiger partial charge >= 0.3 is 0 Å². The van der Waals surface area contributed by atoms with E-state index in [2.05, 4.69) is 16.4 Å². The van der Waals surface area contributed by atoms with Crippen molar-refractivity contribution in [2.24, 2.45) is 23.7 Å². The van der Waals surface area contributed by atoms with E-state index in [1.165, 1.54) is 37.7 Å². The van der Waals surface area contributed by atoms with Crippen molar-refractivity contribution in [2.45, 2.75) is 44.7 Å². The Bertz CT molecular complexity index is 416. The second-order valence-electron chi connectivity index (χ2n) is 6.50. The van der Waals surface area contributed by atoms with Crippen molar-refractivity contribution in [3.8, 4) is 0 Å². The Morgan fingerprint density at radius 3 is 3.00 bits per heavy atom. The molecule has 2 nitrogen and oxygen atoms in total. The van der Waals surface area contributed by atoms with E-state index in [0.29, 0.717) is 0 Å². The van der Waals surface area contributed by atoms with Crippen molar-refractivity contribution >= 4 is 0 Å². The molecule has 0 aromatic carbocycles. The summed E-state index contributed by atoms with van der Waals surface area (Å²) in [6.45, 7) is 0.999. The van der Waals surface area contributed by atoms with E-state index < -0.39 is 0 Å². The van der Waals surface area contributed by atoms with Crippen LogP contribution < -0.4 is 5.32 Å². The summed E-state index contributed by atoms with van der Waals surface area (Å²) in [4.78, 5) is 4.19. The highest BCUT2D eigenvalue weighted by Gasteiger charge is 2.53. The van der Waals surface area contributed by atoms with E-state index in [4.69, 9.17) is 0 Å². The molecule has 0 aliphatic heterocycles. The third-order valence-electron chi connectivity index (χ3n) is 5.72. The monoisotopic (exact) mass is 242 g/mol. The van der Waals surface area contributed by atoms with Gasteiger partial charge in [0.25, 0.3) is 0 Å². The Morgan fingerprint density at radius 2 is 2.11 bits per heavy atom. The summed E-state index contributed by atoms with van der Waals surface area (Å²) in [6.07, 6.45) is 11.3. The van der Waals surface area contributed by atoms with Gasteiger partial charge in [-0.1, -0.05) is 12.5 Å². The van der Waals surface area contributed by atoms with Gasteiger partial charge in [-0.05, 0) is 61.0 Å². The van der Waals surface area contributed by atoms with Gasteiger partial charge in [0, 0.05) is 25.0 Å².